The second kappa shape index (κ2) is 11.7. The molecule has 0 N–H and O–H groups in total. The van der Waals surface area contributed by atoms with E-state index >= 15 is 0 Å². The highest BCUT2D eigenvalue weighted by Gasteiger charge is 1.90. The van der Waals surface area contributed by atoms with Crippen molar-refractivity contribution in [1.82, 2.24) is 0 Å². The number of unbranched alkanes of at least 4 members (excludes halogenated alkanes) is 7. The Morgan fingerprint density at radius 2 is 0.667 bits per heavy atom. The summed E-state index contributed by atoms with van der Waals surface area (Å²) in [6, 6.07) is 0. The molecule has 0 saturated heterocycles. The van der Waals surface area contributed by atoms with Crippen molar-refractivity contribution in [3.8, 4) is 0 Å². The Balaban J connectivity index is 2.73. The predicted octanol–water partition coefficient (Wildman–Crippen LogP) is 3.97. The summed E-state index contributed by atoms with van der Waals surface area (Å²) in [5.41, 5.74) is 0. The van der Waals surface area contributed by atoms with E-state index in [0.717, 1.165) is 11.5 Å². The molecule has 0 unspecified atom stereocenters. The topological polar surface area (TPSA) is 0 Å². The third kappa shape index (κ3) is 10.7. The zero-order valence-corrected chi connectivity index (χ0v) is 9.75. The molecule has 0 atom stereocenters. The Labute approximate surface area is 88.3 Å². The summed E-state index contributed by atoms with van der Waals surface area (Å²) in [6.07, 6.45) is 11.0. The van der Waals surface area contributed by atoms with E-state index in [1.54, 1.807) is 0 Å². The molecule has 12 heavy (non-hydrogen) atoms. The largest absolute Gasteiger partial charge is 0.179 e. The Hall–Kier alpha value is 0.700. The molecule has 0 aliphatic heterocycles. The van der Waals surface area contributed by atoms with Crippen molar-refractivity contribution in [2.75, 3.05) is 11.5 Å². The molecule has 0 amide bonds. The third-order valence-electron chi connectivity index (χ3n) is 2.07. The highest BCUT2D eigenvalue weighted by molar-refractivity contribution is 7.80. The minimum Gasteiger partial charge on any atom is -0.179 e. The minimum atomic E-state index is 1.06. The normalized spacial score (nSPS) is 10.5. The van der Waals surface area contributed by atoms with Gasteiger partial charge in [-0.05, 0) is 24.3 Å². The second-order valence-corrected chi connectivity index (χ2v) is 4.17. The van der Waals surface area contributed by atoms with Crippen molar-refractivity contribution in [3.05, 3.63) is 0 Å². The molecule has 0 saturated carbocycles. The summed E-state index contributed by atoms with van der Waals surface area (Å²) in [4.78, 5) is 0. The van der Waals surface area contributed by atoms with E-state index in [9.17, 15) is 0 Å². The van der Waals surface area contributed by atoms with Gasteiger partial charge in [0.15, 0.2) is 0 Å². The first-order valence-corrected chi connectivity index (χ1v) is 6.40. The Morgan fingerprint density at radius 1 is 0.417 bits per heavy atom. The van der Waals surface area contributed by atoms with Crippen molar-refractivity contribution >= 4 is 25.3 Å². The van der Waals surface area contributed by atoms with Crippen LogP contribution in [0.1, 0.15) is 51.4 Å². The van der Waals surface area contributed by atoms with E-state index in [0.29, 0.717) is 0 Å². The van der Waals surface area contributed by atoms with Gasteiger partial charge in [0, 0.05) is 0 Å². The van der Waals surface area contributed by atoms with Gasteiger partial charge in [0.05, 0.1) is 0 Å². The predicted molar refractivity (Wildman–Crippen MR) is 64.6 cm³/mol. The zero-order valence-electron chi connectivity index (χ0n) is 7.97. The van der Waals surface area contributed by atoms with Gasteiger partial charge in [-0.15, -0.1) is 0 Å². The second-order valence-electron chi connectivity index (χ2n) is 3.28. The van der Waals surface area contributed by atoms with Gasteiger partial charge in [-0.3, -0.25) is 0 Å². The summed E-state index contributed by atoms with van der Waals surface area (Å²) in [5, 5.41) is 0. The first-order chi connectivity index (χ1) is 5.91. The molecule has 0 aromatic rings. The zero-order chi connectivity index (χ0) is 9.07. The van der Waals surface area contributed by atoms with Gasteiger partial charge in [0.1, 0.15) is 0 Å². The van der Waals surface area contributed by atoms with Gasteiger partial charge >= 0.3 is 0 Å². The molecule has 0 aromatic carbocycles. The van der Waals surface area contributed by atoms with Crippen LogP contribution in [0, 0.1) is 0 Å². The molecule has 0 aliphatic carbocycles. The molecular weight excluding hydrogens is 184 g/mol. The van der Waals surface area contributed by atoms with E-state index in [1.807, 2.05) is 0 Å². The molecule has 0 nitrogen and oxygen atoms in total. The van der Waals surface area contributed by atoms with Gasteiger partial charge in [0.2, 0.25) is 0 Å². The smallest absolute Gasteiger partial charge is 0.00979 e. The minimum absolute atomic E-state index is 1.06. The van der Waals surface area contributed by atoms with E-state index in [-0.39, 0.29) is 0 Å². The lowest BCUT2D eigenvalue weighted by molar-refractivity contribution is 0.588. The van der Waals surface area contributed by atoms with E-state index in [2.05, 4.69) is 25.3 Å². The number of hydrogen-bond acceptors (Lipinski definition) is 2. The van der Waals surface area contributed by atoms with Gasteiger partial charge in [-0.1, -0.05) is 38.5 Å². The number of hydrogen-bond donors (Lipinski definition) is 2. The summed E-state index contributed by atoms with van der Waals surface area (Å²) >= 11 is 8.37. The Bertz CT molecular complexity index is 64.2. The molecule has 0 spiro atoms. The first-order valence-electron chi connectivity index (χ1n) is 5.13. The van der Waals surface area contributed by atoms with E-state index < -0.39 is 0 Å². The lowest BCUT2D eigenvalue weighted by Crippen LogP contribution is -1.82. The van der Waals surface area contributed by atoms with Gasteiger partial charge in [0.25, 0.3) is 0 Å². The highest BCUT2D eigenvalue weighted by Crippen LogP contribution is 2.08. The maximum absolute atomic E-state index is 4.18. The third-order valence-corrected chi connectivity index (χ3v) is 2.70. The van der Waals surface area contributed by atoms with Crippen molar-refractivity contribution in [3.63, 3.8) is 0 Å². The molecular formula is C10H22S2. The fourth-order valence-electron chi connectivity index (χ4n) is 1.28. The molecule has 74 valence electrons. The Morgan fingerprint density at radius 3 is 0.917 bits per heavy atom. The van der Waals surface area contributed by atoms with Crippen LogP contribution in [0.25, 0.3) is 0 Å². The molecule has 0 bridgehead atoms. The number of rotatable bonds is 9. The SMILES string of the molecule is SCCCCCCCCCCS. The molecule has 0 aromatic heterocycles. The summed E-state index contributed by atoms with van der Waals surface area (Å²) in [6.45, 7) is 0. The van der Waals surface area contributed by atoms with Crippen LogP contribution >= 0.6 is 25.3 Å². The molecule has 0 fully saturated rings. The average Bonchev–Trinajstić information content (AvgIpc) is 2.10. The van der Waals surface area contributed by atoms with Gasteiger partial charge in [-0.2, -0.15) is 25.3 Å². The fourth-order valence-corrected chi connectivity index (χ4v) is 1.73. The van der Waals surface area contributed by atoms with Gasteiger partial charge in [-0.25, -0.2) is 0 Å². The summed E-state index contributed by atoms with van der Waals surface area (Å²) in [5.74, 6) is 2.11. The number of thiol groups is 2. The molecule has 0 rings (SSSR count). The van der Waals surface area contributed by atoms with E-state index in [4.69, 9.17) is 0 Å². The Kier molecular flexibility index (Phi) is 12.4. The standard InChI is InChI=1S/C10H22S2/c11-9-7-5-3-1-2-4-6-8-10-12/h11-12H,1-10H2. The van der Waals surface area contributed by atoms with Crippen molar-refractivity contribution in [2.45, 2.75) is 51.4 Å². The van der Waals surface area contributed by atoms with Crippen LogP contribution in [-0.4, -0.2) is 11.5 Å². The monoisotopic (exact) mass is 206 g/mol. The molecule has 0 heterocycles. The maximum atomic E-state index is 4.18. The van der Waals surface area contributed by atoms with Crippen LogP contribution in [0.2, 0.25) is 0 Å². The van der Waals surface area contributed by atoms with Crippen LogP contribution in [0.4, 0.5) is 0 Å². The first kappa shape index (κ1) is 12.7. The highest BCUT2D eigenvalue weighted by atomic mass is 32.1. The summed E-state index contributed by atoms with van der Waals surface area (Å²) in [7, 11) is 0. The maximum Gasteiger partial charge on any atom is -0.00979 e. The van der Waals surface area contributed by atoms with E-state index in [1.165, 1.54) is 51.4 Å². The average molecular weight is 206 g/mol. The molecule has 0 aliphatic rings. The van der Waals surface area contributed by atoms with Crippen LogP contribution in [-0.2, 0) is 0 Å². The van der Waals surface area contributed by atoms with Crippen LogP contribution in [0.5, 0.6) is 0 Å². The van der Waals surface area contributed by atoms with Crippen molar-refractivity contribution < 1.29 is 0 Å². The van der Waals surface area contributed by atoms with Crippen molar-refractivity contribution in [1.29, 1.82) is 0 Å². The van der Waals surface area contributed by atoms with Crippen LogP contribution in [0.3, 0.4) is 0 Å². The van der Waals surface area contributed by atoms with Crippen molar-refractivity contribution in [2.24, 2.45) is 0 Å². The van der Waals surface area contributed by atoms with Crippen LogP contribution in [0.15, 0.2) is 0 Å². The van der Waals surface area contributed by atoms with Gasteiger partial charge < -0.3 is 0 Å². The fraction of sp³-hybridized carbons (Fsp3) is 1.00. The quantitative estimate of drug-likeness (QED) is 0.414. The lowest BCUT2D eigenvalue weighted by atomic mass is 10.1. The lowest BCUT2D eigenvalue weighted by Gasteiger charge is -1.99. The molecule has 0 radical (unpaired) electrons. The van der Waals surface area contributed by atoms with Crippen LogP contribution < -0.4 is 0 Å². The summed E-state index contributed by atoms with van der Waals surface area (Å²) < 4.78 is 0. The molecule has 2 heteroatoms.